The summed E-state index contributed by atoms with van der Waals surface area (Å²) in [6.07, 6.45) is 2.14. The van der Waals surface area contributed by atoms with E-state index in [1.54, 1.807) is 6.07 Å². The molecule has 0 unspecified atom stereocenters. The molecule has 37 heavy (non-hydrogen) atoms. The Hall–Kier alpha value is -2.90. The summed E-state index contributed by atoms with van der Waals surface area (Å²) in [6, 6.07) is 4.63. The number of aromatic nitrogens is 3. The average Bonchev–Trinajstić information content (AvgIpc) is 3.25. The number of sulfonamides is 1. The standard InChI is InChI=1S/C24H30BrN5O6S/c1-4-8-30-22-19(25)20(26-21(22)23(32)27(3)24(30)33)17-14-16(6-7-18(17)36-13-5-2)37(34,35)29-11-9-28(15-31)10-12-29/h6-7,14-15,26H,4-5,8-13H2,1-3H3. The minimum Gasteiger partial charge on any atom is -0.493 e. The lowest BCUT2D eigenvalue weighted by Crippen LogP contribution is -2.47. The summed E-state index contributed by atoms with van der Waals surface area (Å²) < 4.78 is 37.3. The summed E-state index contributed by atoms with van der Waals surface area (Å²) in [5.74, 6) is 0.444. The molecule has 3 aromatic rings. The highest BCUT2D eigenvalue weighted by molar-refractivity contribution is 9.10. The molecule has 0 bridgehead atoms. The molecular weight excluding hydrogens is 566 g/mol. The lowest BCUT2D eigenvalue weighted by Gasteiger charge is -2.31. The van der Waals surface area contributed by atoms with E-state index in [2.05, 4.69) is 20.9 Å². The molecule has 0 saturated carbocycles. The Morgan fingerprint density at radius 1 is 1.11 bits per heavy atom. The fourth-order valence-corrected chi connectivity index (χ4v) is 6.60. The van der Waals surface area contributed by atoms with Crippen LogP contribution in [-0.4, -0.2) is 70.9 Å². The molecule has 13 heteroatoms. The Morgan fingerprint density at radius 3 is 2.43 bits per heavy atom. The third-order valence-corrected chi connectivity index (χ3v) is 9.08. The maximum Gasteiger partial charge on any atom is 0.331 e. The quantitative estimate of drug-likeness (QED) is 0.377. The van der Waals surface area contributed by atoms with Gasteiger partial charge in [-0.2, -0.15) is 4.31 Å². The number of ether oxygens (including phenoxy) is 1. The number of benzene rings is 1. The number of carbonyl (C=O) groups excluding carboxylic acids is 1. The average molecular weight is 597 g/mol. The number of nitrogens with one attached hydrogen (secondary N) is 1. The van der Waals surface area contributed by atoms with Crippen molar-refractivity contribution in [1.82, 2.24) is 23.3 Å². The first-order valence-electron chi connectivity index (χ1n) is 12.1. The van der Waals surface area contributed by atoms with Gasteiger partial charge in [0.1, 0.15) is 11.3 Å². The topological polar surface area (TPSA) is 127 Å². The number of aromatic amines is 1. The zero-order chi connectivity index (χ0) is 26.9. The van der Waals surface area contributed by atoms with Gasteiger partial charge in [-0.1, -0.05) is 13.8 Å². The predicted octanol–water partition coefficient (Wildman–Crippen LogP) is 2.12. The van der Waals surface area contributed by atoms with Gasteiger partial charge in [-0.05, 0) is 47.0 Å². The first kappa shape index (κ1) is 27.1. The summed E-state index contributed by atoms with van der Waals surface area (Å²) in [4.78, 5) is 41.6. The maximum atomic E-state index is 13.5. The zero-order valence-corrected chi connectivity index (χ0v) is 23.4. The molecule has 1 fully saturated rings. The minimum absolute atomic E-state index is 0.0651. The van der Waals surface area contributed by atoms with Crippen LogP contribution in [0.5, 0.6) is 5.75 Å². The highest BCUT2D eigenvalue weighted by atomic mass is 79.9. The van der Waals surface area contributed by atoms with Gasteiger partial charge in [0, 0.05) is 45.3 Å². The Kier molecular flexibility index (Phi) is 7.95. The molecule has 0 aliphatic carbocycles. The first-order chi connectivity index (χ1) is 17.6. The molecule has 0 spiro atoms. The monoisotopic (exact) mass is 595 g/mol. The van der Waals surface area contributed by atoms with Crippen molar-refractivity contribution in [2.24, 2.45) is 7.05 Å². The van der Waals surface area contributed by atoms with Gasteiger partial charge >= 0.3 is 5.69 Å². The molecular formula is C24H30BrN5O6S. The normalized spacial score (nSPS) is 14.9. The summed E-state index contributed by atoms with van der Waals surface area (Å²) in [5, 5.41) is 0. The second-order valence-corrected chi connectivity index (χ2v) is 11.6. The molecule has 0 atom stereocenters. The molecule has 3 heterocycles. The van der Waals surface area contributed by atoms with Crippen molar-refractivity contribution < 1.29 is 17.9 Å². The number of fused-ring (bicyclic) bond motifs is 1. The molecule has 1 saturated heterocycles. The summed E-state index contributed by atoms with van der Waals surface area (Å²) in [5.41, 5.74) is 0.630. The Labute approximate surface area is 222 Å². The molecule has 200 valence electrons. The molecule has 2 aromatic heterocycles. The molecule has 1 aliphatic heterocycles. The number of aryl methyl sites for hydroxylation is 1. The van der Waals surface area contributed by atoms with Crippen LogP contribution in [0, 0.1) is 0 Å². The van der Waals surface area contributed by atoms with Crippen LogP contribution in [0.15, 0.2) is 37.2 Å². The van der Waals surface area contributed by atoms with Crippen LogP contribution in [0.25, 0.3) is 22.3 Å². The molecule has 1 aromatic carbocycles. The smallest absolute Gasteiger partial charge is 0.331 e. The molecule has 4 rings (SSSR count). The molecule has 0 radical (unpaired) electrons. The Balaban J connectivity index is 1.91. The predicted molar refractivity (Wildman–Crippen MR) is 143 cm³/mol. The zero-order valence-electron chi connectivity index (χ0n) is 21.0. The number of H-pyrrole nitrogens is 1. The highest BCUT2D eigenvalue weighted by Crippen LogP contribution is 2.39. The van der Waals surface area contributed by atoms with E-state index in [0.717, 1.165) is 17.4 Å². The van der Waals surface area contributed by atoms with Gasteiger partial charge in [-0.3, -0.25) is 18.7 Å². The summed E-state index contributed by atoms with van der Waals surface area (Å²) >= 11 is 3.58. The second kappa shape index (κ2) is 10.8. The number of hydrogen-bond acceptors (Lipinski definition) is 6. The summed E-state index contributed by atoms with van der Waals surface area (Å²) in [6.45, 7) is 5.74. The fraction of sp³-hybridized carbons (Fsp3) is 0.458. The third kappa shape index (κ3) is 4.87. The number of carbonyl (C=O) groups is 1. The molecule has 11 nitrogen and oxygen atoms in total. The molecule has 1 amide bonds. The Bertz CT molecular complexity index is 1550. The van der Waals surface area contributed by atoms with Crippen LogP contribution >= 0.6 is 15.9 Å². The van der Waals surface area contributed by atoms with Crippen molar-refractivity contribution >= 4 is 43.4 Å². The number of hydrogen-bond donors (Lipinski definition) is 1. The number of amides is 1. The van der Waals surface area contributed by atoms with E-state index >= 15 is 0 Å². The number of halogens is 1. The van der Waals surface area contributed by atoms with Gasteiger partial charge in [0.05, 0.1) is 27.2 Å². The number of rotatable bonds is 9. The van der Waals surface area contributed by atoms with E-state index < -0.39 is 21.3 Å². The van der Waals surface area contributed by atoms with Crippen LogP contribution in [-0.2, 0) is 28.4 Å². The van der Waals surface area contributed by atoms with E-state index in [4.69, 9.17) is 4.74 Å². The van der Waals surface area contributed by atoms with E-state index in [-0.39, 0.29) is 23.5 Å². The van der Waals surface area contributed by atoms with Crippen molar-refractivity contribution in [3.63, 3.8) is 0 Å². The van der Waals surface area contributed by atoms with E-state index in [1.807, 2.05) is 13.8 Å². The van der Waals surface area contributed by atoms with Gasteiger partial charge in [0.2, 0.25) is 16.4 Å². The van der Waals surface area contributed by atoms with Gasteiger partial charge < -0.3 is 14.6 Å². The molecule has 1 aliphatic rings. The van der Waals surface area contributed by atoms with E-state index in [1.165, 1.54) is 33.0 Å². The van der Waals surface area contributed by atoms with Crippen molar-refractivity contribution in [2.45, 2.75) is 38.1 Å². The lowest BCUT2D eigenvalue weighted by molar-refractivity contribution is -0.119. The van der Waals surface area contributed by atoms with E-state index in [0.29, 0.717) is 59.7 Å². The first-order valence-corrected chi connectivity index (χ1v) is 14.4. The van der Waals surface area contributed by atoms with Crippen molar-refractivity contribution in [3.05, 3.63) is 43.5 Å². The maximum absolute atomic E-state index is 13.5. The van der Waals surface area contributed by atoms with Crippen molar-refractivity contribution in [3.8, 4) is 17.0 Å². The van der Waals surface area contributed by atoms with Crippen LogP contribution in [0.1, 0.15) is 26.7 Å². The molecule has 1 N–H and O–H groups in total. The number of piperazine rings is 1. The second-order valence-electron chi connectivity index (χ2n) is 8.89. The van der Waals surface area contributed by atoms with E-state index in [9.17, 15) is 22.8 Å². The van der Waals surface area contributed by atoms with Gasteiger partial charge in [0.25, 0.3) is 5.56 Å². The van der Waals surface area contributed by atoms with Crippen molar-refractivity contribution in [2.75, 3.05) is 32.8 Å². The highest BCUT2D eigenvalue weighted by Gasteiger charge is 2.30. The fourth-order valence-electron chi connectivity index (χ4n) is 4.42. The largest absolute Gasteiger partial charge is 0.493 e. The summed E-state index contributed by atoms with van der Waals surface area (Å²) in [7, 11) is -2.43. The van der Waals surface area contributed by atoms with Crippen molar-refractivity contribution in [1.29, 1.82) is 0 Å². The minimum atomic E-state index is -3.86. The third-order valence-electron chi connectivity index (χ3n) is 6.41. The number of nitrogens with zero attached hydrogens (tertiary/aromatic N) is 4. The van der Waals surface area contributed by atoms with Gasteiger partial charge in [-0.25, -0.2) is 13.2 Å². The van der Waals surface area contributed by atoms with Gasteiger partial charge in [-0.15, -0.1) is 0 Å². The van der Waals surface area contributed by atoms with Gasteiger partial charge in [0.15, 0.2) is 0 Å². The van der Waals surface area contributed by atoms with Crippen LogP contribution in [0.3, 0.4) is 0 Å². The van der Waals surface area contributed by atoms with Crippen LogP contribution in [0.2, 0.25) is 0 Å². The Morgan fingerprint density at radius 2 is 1.81 bits per heavy atom. The SMILES string of the molecule is CCCOc1ccc(S(=O)(=O)N2CCN(C=O)CC2)cc1-c1[nH]c2c(=O)n(C)c(=O)n(CCC)c2c1Br. The van der Waals surface area contributed by atoms with Crippen LogP contribution in [0.4, 0.5) is 0 Å². The lowest BCUT2D eigenvalue weighted by atomic mass is 10.1. The van der Waals surface area contributed by atoms with Crippen LogP contribution < -0.4 is 16.0 Å².